The third kappa shape index (κ3) is 2.94. The summed E-state index contributed by atoms with van der Waals surface area (Å²) in [5.74, 6) is -0.226. The van der Waals surface area contributed by atoms with E-state index in [0.717, 1.165) is 16.1 Å². The zero-order valence-corrected chi connectivity index (χ0v) is 14.6. The van der Waals surface area contributed by atoms with Crippen molar-refractivity contribution in [3.8, 4) is 0 Å². The summed E-state index contributed by atoms with van der Waals surface area (Å²) < 4.78 is 7.45. The van der Waals surface area contributed by atoms with Crippen molar-refractivity contribution in [3.63, 3.8) is 0 Å². The Kier molecular flexibility index (Phi) is 3.85. The van der Waals surface area contributed by atoms with Crippen molar-refractivity contribution in [3.05, 3.63) is 64.5 Å². The average molecular weight is 352 g/mol. The number of aromatic nitrogens is 3. The predicted octanol–water partition coefficient (Wildman–Crippen LogP) is 4.00. The van der Waals surface area contributed by atoms with E-state index >= 15 is 0 Å². The molecular weight excluding hydrogens is 336 g/mol. The minimum Gasteiger partial charge on any atom is -0.463 e. The van der Waals surface area contributed by atoms with E-state index in [1.54, 1.807) is 12.3 Å². The summed E-state index contributed by atoms with van der Waals surface area (Å²) in [5, 5.41) is 12.0. The van der Waals surface area contributed by atoms with E-state index in [2.05, 4.69) is 34.6 Å². The maximum Gasteiger partial charge on any atom is 0.274 e. The van der Waals surface area contributed by atoms with Gasteiger partial charge in [0.25, 0.3) is 5.91 Å². The number of amides is 1. The van der Waals surface area contributed by atoms with Crippen molar-refractivity contribution in [2.24, 2.45) is 0 Å². The number of hydrogen-bond donors (Lipinski definition) is 1. The van der Waals surface area contributed by atoms with Crippen LogP contribution in [0.5, 0.6) is 0 Å². The van der Waals surface area contributed by atoms with E-state index in [1.165, 1.54) is 16.9 Å². The SMILES string of the molecule is Cc1nnc(NC(=O)c2cc3occc3n2Cc2ccccc2C)s1. The molecule has 0 unspecified atom stereocenters. The van der Waals surface area contributed by atoms with Crippen LogP contribution in [0.3, 0.4) is 0 Å². The molecule has 4 rings (SSSR count). The van der Waals surface area contributed by atoms with E-state index in [0.29, 0.717) is 23.0 Å². The summed E-state index contributed by atoms with van der Waals surface area (Å²) in [6.07, 6.45) is 1.63. The van der Waals surface area contributed by atoms with Gasteiger partial charge >= 0.3 is 0 Å². The molecule has 0 aliphatic carbocycles. The third-order valence-electron chi connectivity index (χ3n) is 4.09. The minimum atomic E-state index is -0.226. The smallest absolute Gasteiger partial charge is 0.274 e. The Labute approximate surface area is 148 Å². The molecular formula is C18H16N4O2S. The number of hydrogen-bond acceptors (Lipinski definition) is 5. The molecule has 4 aromatic rings. The normalized spacial score (nSPS) is 11.1. The van der Waals surface area contributed by atoms with Gasteiger partial charge in [0.1, 0.15) is 10.7 Å². The lowest BCUT2D eigenvalue weighted by Gasteiger charge is -2.11. The van der Waals surface area contributed by atoms with Gasteiger partial charge in [-0.15, -0.1) is 10.2 Å². The van der Waals surface area contributed by atoms with Crippen LogP contribution in [-0.4, -0.2) is 20.7 Å². The van der Waals surface area contributed by atoms with Crippen molar-refractivity contribution in [1.82, 2.24) is 14.8 Å². The first-order valence-electron chi connectivity index (χ1n) is 7.84. The molecule has 1 N–H and O–H groups in total. The second-order valence-electron chi connectivity index (χ2n) is 5.79. The Morgan fingerprint density at radius 3 is 2.84 bits per heavy atom. The number of benzene rings is 1. The molecule has 0 aliphatic heterocycles. The monoisotopic (exact) mass is 352 g/mol. The molecule has 3 aromatic heterocycles. The Hall–Kier alpha value is -2.93. The second-order valence-corrected chi connectivity index (χ2v) is 6.97. The summed E-state index contributed by atoms with van der Waals surface area (Å²) in [6.45, 7) is 4.50. The molecule has 0 fully saturated rings. The van der Waals surface area contributed by atoms with Crippen LogP contribution in [0.1, 0.15) is 26.6 Å². The standard InChI is InChI=1S/C18H16N4O2S/c1-11-5-3-4-6-13(11)10-22-14-7-8-24-16(14)9-15(22)17(23)19-18-21-20-12(2)25-18/h3-9H,10H2,1-2H3,(H,19,21,23). The molecule has 0 saturated carbocycles. The first kappa shape index (κ1) is 15.6. The van der Waals surface area contributed by atoms with Gasteiger partial charge in [0.15, 0.2) is 5.58 Å². The van der Waals surface area contributed by atoms with Gasteiger partial charge in [-0.25, -0.2) is 0 Å². The van der Waals surface area contributed by atoms with Crippen LogP contribution < -0.4 is 5.32 Å². The molecule has 0 saturated heterocycles. The van der Waals surface area contributed by atoms with E-state index in [-0.39, 0.29) is 5.91 Å². The topological polar surface area (TPSA) is 73.0 Å². The summed E-state index contributed by atoms with van der Waals surface area (Å²) >= 11 is 1.35. The fourth-order valence-electron chi connectivity index (χ4n) is 2.80. The third-order valence-corrected chi connectivity index (χ3v) is 4.85. The first-order valence-corrected chi connectivity index (χ1v) is 8.66. The molecule has 7 heteroatoms. The number of nitrogens with one attached hydrogen (secondary N) is 1. The minimum absolute atomic E-state index is 0.226. The number of nitrogens with zero attached hydrogens (tertiary/aromatic N) is 3. The van der Waals surface area contributed by atoms with Crippen molar-refractivity contribution < 1.29 is 9.21 Å². The number of carbonyl (C=O) groups excluding carboxylic acids is 1. The highest BCUT2D eigenvalue weighted by molar-refractivity contribution is 7.15. The second kappa shape index (κ2) is 6.18. The zero-order chi connectivity index (χ0) is 17.4. The number of fused-ring (bicyclic) bond motifs is 1. The average Bonchev–Trinajstić information content (AvgIpc) is 3.27. The van der Waals surface area contributed by atoms with Crippen LogP contribution in [-0.2, 0) is 6.54 Å². The van der Waals surface area contributed by atoms with Gasteiger partial charge < -0.3 is 8.98 Å². The molecule has 1 aromatic carbocycles. The summed E-state index contributed by atoms with van der Waals surface area (Å²) in [7, 11) is 0. The van der Waals surface area contributed by atoms with Crippen LogP contribution >= 0.6 is 11.3 Å². The Bertz CT molecular complexity index is 1060. The lowest BCUT2D eigenvalue weighted by Crippen LogP contribution is -2.17. The Balaban J connectivity index is 1.72. The highest BCUT2D eigenvalue weighted by Crippen LogP contribution is 2.24. The van der Waals surface area contributed by atoms with E-state index < -0.39 is 0 Å². The van der Waals surface area contributed by atoms with Gasteiger partial charge in [0, 0.05) is 18.7 Å². The van der Waals surface area contributed by atoms with Crippen LogP contribution in [0.25, 0.3) is 11.1 Å². The fraction of sp³-hybridized carbons (Fsp3) is 0.167. The molecule has 6 nitrogen and oxygen atoms in total. The van der Waals surface area contributed by atoms with Gasteiger partial charge in [0.2, 0.25) is 5.13 Å². The van der Waals surface area contributed by atoms with Gasteiger partial charge in [-0.2, -0.15) is 0 Å². The summed E-state index contributed by atoms with van der Waals surface area (Å²) in [6, 6.07) is 11.8. The molecule has 25 heavy (non-hydrogen) atoms. The van der Waals surface area contributed by atoms with E-state index in [4.69, 9.17) is 4.42 Å². The molecule has 126 valence electrons. The van der Waals surface area contributed by atoms with Gasteiger partial charge in [-0.3, -0.25) is 10.1 Å². The molecule has 3 heterocycles. The lowest BCUT2D eigenvalue weighted by molar-refractivity contribution is 0.101. The number of furan rings is 1. The first-order chi connectivity index (χ1) is 12.1. The molecule has 0 spiro atoms. The van der Waals surface area contributed by atoms with Crippen molar-refractivity contribution in [2.45, 2.75) is 20.4 Å². The fourth-order valence-corrected chi connectivity index (χ4v) is 3.39. The number of aryl methyl sites for hydroxylation is 2. The zero-order valence-electron chi connectivity index (χ0n) is 13.8. The van der Waals surface area contributed by atoms with Gasteiger partial charge in [0.05, 0.1) is 11.8 Å². The highest BCUT2D eigenvalue weighted by Gasteiger charge is 2.19. The highest BCUT2D eigenvalue weighted by atomic mass is 32.1. The van der Waals surface area contributed by atoms with Crippen LogP contribution in [0.4, 0.5) is 5.13 Å². The van der Waals surface area contributed by atoms with Gasteiger partial charge in [-0.1, -0.05) is 35.6 Å². The summed E-state index contributed by atoms with van der Waals surface area (Å²) in [4.78, 5) is 12.8. The van der Waals surface area contributed by atoms with Crippen molar-refractivity contribution >= 4 is 33.5 Å². The van der Waals surface area contributed by atoms with Crippen LogP contribution in [0.15, 0.2) is 47.1 Å². The van der Waals surface area contributed by atoms with Crippen molar-refractivity contribution in [1.29, 1.82) is 0 Å². The maximum atomic E-state index is 12.8. The number of anilines is 1. The molecule has 0 bridgehead atoms. The molecule has 1 amide bonds. The largest absolute Gasteiger partial charge is 0.463 e. The summed E-state index contributed by atoms with van der Waals surface area (Å²) in [5.41, 5.74) is 4.44. The molecule has 0 radical (unpaired) electrons. The Morgan fingerprint density at radius 1 is 1.24 bits per heavy atom. The Morgan fingerprint density at radius 2 is 2.08 bits per heavy atom. The maximum absolute atomic E-state index is 12.8. The molecule has 0 aliphatic rings. The lowest BCUT2D eigenvalue weighted by atomic mass is 10.1. The van der Waals surface area contributed by atoms with E-state index in [1.807, 2.05) is 29.7 Å². The van der Waals surface area contributed by atoms with Crippen molar-refractivity contribution in [2.75, 3.05) is 5.32 Å². The molecule has 0 atom stereocenters. The van der Waals surface area contributed by atoms with Crippen LogP contribution in [0, 0.1) is 13.8 Å². The number of rotatable bonds is 4. The van der Waals surface area contributed by atoms with E-state index in [9.17, 15) is 4.79 Å². The quantitative estimate of drug-likeness (QED) is 0.602. The van der Waals surface area contributed by atoms with Crippen LogP contribution in [0.2, 0.25) is 0 Å². The predicted molar refractivity (Wildman–Crippen MR) is 97.1 cm³/mol. The van der Waals surface area contributed by atoms with Gasteiger partial charge in [-0.05, 0) is 25.0 Å². The number of carbonyl (C=O) groups is 1.